The molecule has 0 aliphatic heterocycles. The van der Waals surface area contributed by atoms with Gasteiger partial charge in [-0.05, 0) is 24.6 Å². The molecule has 0 spiro atoms. The van der Waals surface area contributed by atoms with Crippen LogP contribution in [0.15, 0.2) is 35.2 Å². The number of para-hydroxylation sites is 1. The normalized spacial score (nSPS) is 10.7. The highest BCUT2D eigenvalue weighted by molar-refractivity contribution is 7.98. The van der Waals surface area contributed by atoms with E-state index in [9.17, 15) is 0 Å². The molecule has 0 fully saturated rings. The van der Waals surface area contributed by atoms with Gasteiger partial charge < -0.3 is 5.73 Å². The second-order valence-electron chi connectivity index (χ2n) is 3.93. The Morgan fingerprint density at radius 2 is 2.12 bits per heavy atom. The number of nitrogen functional groups attached to an aromatic ring is 1. The molecule has 0 aliphatic rings. The molecule has 90 valence electrons. The first kappa shape index (κ1) is 12.0. The molecule has 2 aromatic rings. The SMILES string of the molecule is CCc1cc(CSc2ccccc2N)n(C)n1. The smallest absolute Gasteiger partial charge is 0.0625 e. The number of thioether (sulfide) groups is 1. The molecule has 0 aliphatic carbocycles. The number of nitrogens with zero attached hydrogens (tertiary/aromatic N) is 2. The van der Waals surface area contributed by atoms with Gasteiger partial charge in [0.05, 0.1) is 5.69 Å². The molecule has 0 bridgehead atoms. The maximum Gasteiger partial charge on any atom is 0.0625 e. The van der Waals surface area contributed by atoms with Crippen molar-refractivity contribution in [3.8, 4) is 0 Å². The fraction of sp³-hybridized carbons (Fsp3) is 0.308. The van der Waals surface area contributed by atoms with Crippen LogP contribution in [0, 0.1) is 0 Å². The molecule has 1 aromatic heterocycles. The lowest BCUT2D eigenvalue weighted by Crippen LogP contribution is -1.97. The van der Waals surface area contributed by atoms with E-state index in [1.807, 2.05) is 29.9 Å². The summed E-state index contributed by atoms with van der Waals surface area (Å²) in [5.41, 5.74) is 9.13. The van der Waals surface area contributed by atoms with Crippen molar-refractivity contribution in [2.75, 3.05) is 5.73 Å². The number of anilines is 1. The van der Waals surface area contributed by atoms with Crippen molar-refractivity contribution in [1.82, 2.24) is 9.78 Å². The minimum absolute atomic E-state index is 0.843. The number of nitrogens with two attached hydrogens (primary N) is 1. The van der Waals surface area contributed by atoms with Crippen LogP contribution in [-0.4, -0.2) is 9.78 Å². The first-order chi connectivity index (χ1) is 8.20. The second-order valence-corrected chi connectivity index (χ2v) is 4.95. The van der Waals surface area contributed by atoms with Gasteiger partial charge in [0.2, 0.25) is 0 Å². The van der Waals surface area contributed by atoms with E-state index in [2.05, 4.69) is 24.2 Å². The number of rotatable bonds is 4. The Kier molecular flexibility index (Phi) is 3.74. The molecule has 4 heteroatoms. The molecule has 2 rings (SSSR count). The van der Waals surface area contributed by atoms with Crippen LogP contribution in [0.4, 0.5) is 5.69 Å². The van der Waals surface area contributed by atoms with Gasteiger partial charge >= 0.3 is 0 Å². The van der Waals surface area contributed by atoms with Crippen LogP contribution < -0.4 is 5.73 Å². The maximum atomic E-state index is 5.91. The lowest BCUT2D eigenvalue weighted by atomic mass is 10.3. The first-order valence-electron chi connectivity index (χ1n) is 5.69. The molecular formula is C13H17N3S. The molecule has 0 amide bonds. The van der Waals surface area contributed by atoms with Gasteiger partial charge in [-0.1, -0.05) is 19.1 Å². The summed E-state index contributed by atoms with van der Waals surface area (Å²) in [6, 6.07) is 10.1. The number of hydrogen-bond acceptors (Lipinski definition) is 3. The van der Waals surface area contributed by atoms with E-state index in [0.29, 0.717) is 0 Å². The van der Waals surface area contributed by atoms with Gasteiger partial charge in [-0.3, -0.25) is 4.68 Å². The van der Waals surface area contributed by atoms with E-state index in [1.165, 1.54) is 5.69 Å². The Morgan fingerprint density at radius 1 is 1.35 bits per heavy atom. The van der Waals surface area contributed by atoms with Crippen LogP contribution in [0.2, 0.25) is 0 Å². The van der Waals surface area contributed by atoms with E-state index in [4.69, 9.17) is 5.73 Å². The lowest BCUT2D eigenvalue weighted by Gasteiger charge is -2.04. The molecule has 1 heterocycles. The summed E-state index contributed by atoms with van der Waals surface area (Å²) in [5.74, 6) is 0.901. The highest BCUT2D eigenvalue weighted by Gasteiger charge is 2.05. The number of aryl methyl sites for hydroxylation is 2. The second kappa shape index (κ2) is 5.27. The Labute approximate surface area is 106 Å². The van der Waals surface area contributed by atoms with Gasteiger partial charge in [0, 0.05) is 29.1 Å². The minimum Gasteiger partial charge on any atom is -0.398 e. The summed E-state index contributed by atoms with van der Waals surface area (Å²) in [4.78, 5) is 1.13. The largest absolute Gasteiger partial charge is 0.398 e. The highest BCUT2D eigenvalue weighted by atomic mass is 32.2. The summed E-state index contributed by atoms with van der Waals surface area (Å²) in [7, 11) is 1.99. The highest BCUT2D eigenvalue weighted by Crippen LogP contribution is 2.27. The van der Waals surface area contributed by atoms with Crippen molar-refractivity contribution in [2.24, 2.45) is 7.05 Å². The molecular weight excluding hydrogens is 230 g/mol. The summed E-state index contributed by atoms with van der Waals surface area (Å²) in [6.07, 6.45) is 0.978. The Balaban J connectivity index is 2.07. The fourth-order valence-corrected chi connectivity index (χ4v) is 2.63. The van der Waals surface area contributed by atoms with Crippen LogP contribution in [-0.2, 0) is 19.2 Å². The van der Waals surface area contributed by atoms with Gasteiger partial charge in [0.15, 0.2) is 0 Å². The third-order valence-electron chi connectivity index (χ3n) is 2.68. The third kappa shape index (κ3) is 2.82. The van der Waals surface area contributed by atoms with E-state index in [1.54, 1.807) is 11.8 Å². The van der Waals surface area contributed by atoms with Crippen molar-refractivity contribution in [2.45, 2.75) is 24.0 Å². The minimum atomic E-state index is 0.843. The molecule has 0 atom stereocenters. The third-order valence-corrected chi connectivity index (χ3v) is 3.81. The molecule has 1 aromatic carbocycles. The Bertz CT molecular complexity index is 505. The van der Waals surface area contributed by atoms with Crippen molar-refractivity contribution < 1.29 is 0 Å². The topological polar surface area (TPSA) is 43.8 Å². The fourth-order valence-electron chi connectivity index (χ4n) is 1.64. The van der Waals surface area contributed by atoms with Crippen LogP contribution >= 0.6 is 11.8 Å². The molecule has 17 heavy (non-hydrogen) atoms. The number of benzene rings is 1. The van der Waals surface area contributed by atoms with E-state index >= 15 is 0 Å². The number of hydrogen-bond donors (Lipinski definition) is 1. The zero-order valence-corrected chi connectivity index (χ0v) is 11.0. The number of aromatic nitrogens is 2. The molecule has 0 radical (unpaired) electrons. The first-order valence-corrected chi connectivity index (χ1v) is 6.68. The zero-order valence-electron chi connectivity index (χ0n) is 10.2. The van der Waals surface area contributed by atoms with Crippen LogP contribution in [0.5, 0.6) is 0 Å². The molecule has 0 saturated carbocycles. The van der Waals surface area contributed by atoms with Gasteiger partial charge in [-0.25, -0.2) is 0 Å². The average Bonchev–Trinajstić information content (AvgIpc) is 2.69. The molecule has 0 unspecified atom stereocenters. The Hall–Kier alpha value is -1.42. The van der Waals surface area contributed by atoms with Gasteiger partial charge in [-0.2, -0.15) is 5.10 Å². The van der Waals surface area contributed by atoms with E-state index in [-0.39, 0.29) is 0 Å². The van der Waals surface area contributed by atoms with Crippen molar-refractivity contribution in [3.63, 3.8) is 0 Å². The van der Waals surface area contributed by atoms with Crippen LogP contribution in [0.1, 0.15) is 18.3 Å². The van der Waals surface area contributed by atoms with Gasteiger partial charge in [0.25, 0.3) is 0 Å². The summed E-state index contributed by atoms with van der Waals surface area (Å²) in [5, 5.41) is 4.44. The summed E-state index contributed by atoms with van der Waals surface area (Å²) >= 11 is 1.75. The lowest BCUT2D eigenvalue weighted by molar-refractivity contribution is 0.720. The van der Waals surface area contributed by atoms with Crippen molar-refractivity contribution >= 4 is 17.4 Å². The molecule has 0 saturated heterocycles. The standard InChI is InChI=1S/C13H17N3S/c1-3-10-8-11(16(2)15-10)9-17-13-7-5-4-6-12(13)14/h4-8H,3,9,14H2,1-2H3. The van der Waals surface area contributed by atoms with E-state index < -0.39 is 0 Å². The van der Waals surface area contributed by atoms with Crippen molar-refractivity contribution in [3.05, 3.63) is 41.7 Å². The predicted molar refractivity (Wildman–Crippen MR) is 73.0 cm³/mol. The monoisotopic (exact) mass is 247 g/mol. The average molecular weight is 247 g/mol. The van der Waals surface area contributed by atoms with Crippen molar-refractivity contribution in [1.29, 1.82) is 0 Å². The quantitative estimate of drug-likeness (QED) is 0.667. The predicted octanol–water partition coefficient (Wildman–Crippen LogP) is 2.86. The molecule has 2 N–H and O–H groups in total. The Morgan fingerprint density at radius 3 is 2.76 bits per heavy atom. The van der Waals surface area contributed by atoms with E-state index in [0.717, 1.165) is 28.5 Å². The van der Waals surface area contributed by atoms with Crippen LogP contribution in [0.25, 0.3) is 0 Å². The van der Waals surface area contributed by atoms with Gasteiger partial charge in [-0.15, -0.1) is 11.8 Å². The maximum absolute atomic E-state index is 5.91. The zero-order chi connectivity index (χ0) is 12.3. The van der Waals surface area contributed by atoms with Crippen LogP contribution in [0.3, 0.4) is 0 Å². The summed E-state index contributed by atoms with van der Waals surface area (Å²) < 4.78 is 1.95. The molecule has 3 nitrogen and oxygen atoms in total. The van der Waals surface area contributed by atoms with Gasteiger partial charge in [0.1, 0.15) is 0 Å². The summed E-state index contributed by atoms with van der Waals surface area (Å²) in [6.45, 7) is 2.12.